The molecule has 0 radical (unpaired) electrons. The molecule has 36 nitrogen and oxygen atoms in total. The number of carbonyl (C=O) groups excluding carboxylic acids is 13. The predicted molar refractivity (Wildman–Crippen MR) is 374 cm³/mol. The molecule has 3 rings (SSSR count). The van der Waals surface area contributed by atoms with Crippen LogP contribution < -0.4 is 81.8 Å². The Morgan fingerprint density at radius 3 is 1.54 bits per heavy atom. The van der Waals surface area contributed by atoms with E-state index >= 15 is 0 Å². The number of nitrogens with one attached hydrogen (secondary N) is 11. The second kappa shape index (κ2) is 43.4. The van der Waals surface area contributed by atoms with E-state index in [4.69, 9.17) is 28.7 Å². The van der Waals surface area contributed by atoms with Crippen molar-refractivity contribution < 1.29 is 87.2 Å². The fourth-order valence-electron chi connectivity index (χ4n) is 10.6. The van der Waals surface area contributed by atoms with Gasteiger partial charge in [-0.3, -0.25) is 72.1 Å². The van der Waals surface area contributed by atoms with Gasteiger partial charge in [-0.2, -0.15) is 23.5 Å². The average Bonchev–Trinajstić information content (AvgIpc) is 1.74. The molecule has 0 unspecified atom stereocenters. The van der Waals surface area contributed by atoms with Crippen molar-refractivity contribution in [3.8, 4) is 0 Å². The molecule has 101 heavy (non-hydrogen) atoms. The number of aromatic nitrogens is 1. The molecule has 1 aliphatic rings. The molecule has 13 amide bonds. The van der Waals surface area contributed by atoms with Gasteiger partial charge in [0, 0.05) is 43.0 Å². The Labute approximate surface area is 592 Å². The van der Waals surface area contributed by atoms with Crippen LogP contribution in [0.3, 0.4) is 0 Å². The fourth-order valence-corrected chi connectivity index (χ4v) is 11.5. The normalized spacial score (nSPS) is 16.5. The molecule has 1 aromatic heterocycles. The van der Waals surface area contributed by atoms with Gasteiger partial charge in [-0.05, 0) is 99.4 Å². The molecule has 38 heteroatoms. The molecule has 2 heterocycles. The summed E-state index contributed by atoms with van der Waals surface area (Å²) < 4.78 is 0. The first kappa shape index (κ1) is 85.9. The van der Waals surface area contributed by atoms with Crippen LogP contribution in [0.5, 0.6) is 0 Å². The summed E-state index contributed by atoms with van der Waals surface area (Å²) in [5.41, 5.74) is 29.2. The number of hydrogen-bond acceptors (Lipinski definition) is 20. The molecule has 0 spiro atoms. The molecule has 1 aromatic carbocycles. The van der Waals surface area contributed by atoms with E-state index in [1.807, 2.05) is 13.8 Å². The highest BCUT2D eigenvalue weighted by molar-refractivity contribution is 7.98. The number of carbonyl (C=O) groups is 15. The van der Waals surface area contributed by atoms with Crippen molar-refractivity contribution >= 4 is 129 Å². The van der Waals surface area contributed by atoms with Crippen molar-refractivity contribution in [2.24, 2.45) is 45.5 Å². The zero-order valence-corrected chi connectivity index (χ0v) is 59.4. The number of nitrogens with zero attached hydrogens (tertiary/aromatic N) is 2. The van der Waals surface area contributed by atoms with Gasteiger partial charge in [-0.25, -0.2) is 4.79 Å². The van der Waals surface area contributed by atoms with Gasteiger partial charge >= 0.3 is 11.9 Å². The number of nitrogens with two attached hydrogens (primary N) is 5. The summed E-state index contributed by atoms with van der Waals surface area (Å²) in [5.74, 6) is -16.5. The summed E-state index contributed by atoms with van der Waals surface area (Å²) >= 11 is 2.50. The smallest absolute Gasteiger partial charge is 0.328 e. The third-order valence-corrected chi connectivity index (χ3v) is 18.2. The maximum atomic E-state index is 14.7. The molecular formula is C63H100N18O18S2. The summed E-state index contributed by atoms with van der Waals surface area (Å²) in [5, 5.41) is 54.0. The quantitative estimate of drug-likeness (QED) is 0.0168. The van der Waals surface area contributed by atoms with Crippen molar-refractivity contribution in [3.63, 3.8) is 0 Å². The Kier molecular flexibility index (Phi) is 36.9. The molecule has 1 fully saturated rings. The highest BCUT2D eigenvalue weighted by Gasteiger charge is 2.41. The number of aliphatic carboxylic acids is 2. The monoisotopic (exact) mass is 1460 g/mol. The van der Waals surface area contributed by atoms with Crippen LogP contribution in [0.15, 0.2) is 35.5 Å². The van der Waals surface area contributed by atoms with Crippen molar-refractivity contribution in [1.29, 1.82) is 0 Å². The van der Waals surface area contributed by atoms with E-state index in [1.165, 1.54) is 41.5 Å². The second-order valence-electron chi connectivity index (χ2n) is 24.6. The lowest BCUT2D eigenvalue weighted by atomic mass is 9.97. The van der Waals surface area contributed by atoms with Crippen molar-refractivity contribution in [2.45, 2.75) is 191 Å². The maximum Gasteiger partial charge on any atom is 0.328 e. The van der Waals surface area contributed by atoms with Crippen LogP contribution in [0.2, 0.25) is 0 Å². The highest BCUT2D eigenvalue weighted by atomic mass is 32.2. The Hall–Kier alpha value is -9.30. The lowest BCUT2D eigenvalue weighted by Gasteiger charge is -2.30. The second-order valence-corrected chi connectivity index (χ2v) is 26.5. The van der Waals surface area contributed by atoms with E-state index in [9.17, 15) is 87.2 Å². The fraction of sp³-hybridized carbons (Fsp3) is 0.619. The molecule has 0 aliphatic carbocycles. The number of aromatic amines is 1. The van der Waals surface area contributed by atoms with E-state index in [2.05, 4.69) is 63.1 Å². The molecule has 0 saturated carbocycles. The number of H-pyrrole nitrogens is 1. The van der Waals surface area contributed by atoms with E-state index in [0.29, 0.717) is 48.7 Å². The zero-order chi connectivity index (χ0) is 75.8. The van der Waals surface area contributed by atoms with Gasteiger partial charge in [0.05, 0.1) is 25.5 Å². The zero-order valence-electron chi connectivity index (χ0n) is 57.8. The molecule has 0 bridgehead atoms. The minimum atomic E-state index is -1.94. The lowest BCUT2D eigenvalue weighted by molar-refractivity contribution is -0.143. The number of carboxylic acids is 2. The number of carboxylic acid groups (broad SMARTS) is 2. The number of likely N-dealkylation sites (tertiary alicyclic amines) is 1. The standard InChI is InChI=1S/C63H100N18O18S2/c1-8-31(3)49(66)61(97)81-23-13-17-45(81)59(95)71-33(5)51(87)80-50(32(4)9-2)60(96)75-40(21-25-101-7)54(90)73-38(18-19-48(85)86)53(89)77-42(27-46(64)83)58(94)74-39(20-24-100-6)55(91)76-41(26-34-29-70-36-15-11-10-14-35(34)36)56(92)78-43(28-47(65)84)57(93)72-37(16-12-22-69-63(67)68)52(88)79-44(30-82)62(98)99/h10-11,14-15,29,31-33,37-45,49-50,70,82H,8-9,12-13,16-28,30,66H2,1-7H3,(H2,64,83)(H2,65,84)(H,71,95)(H,72,93)(H,73,90)(H,74,94)(H,75,96)(H,76,91)(H,77,89)(H,78,92)(H,79,88)(H,80,87)(H,85,86)(H,98,99)(H4,67,68,69)/t31-,32-,33-,37-,38-,39-,40-,41-,42-,43-,44-,45-,49-,50-/m0/s1. The molecule has 2 aromatic rings. The molecule has 1 aliphatic heterocycles. The number of amides is 13. The topological polar surface area (TPSA) is 599 Å². The maximum absolute atomic E-state index is 14.7. The molecule has 24 N–H and O–H groups in total. The number of rotatable bonds is 46. The lowest BCUT2D eigenvalue weighted by Crippen LogP contribution is -2.61. The van der Waals surface area contributed by atoms with Crippen molar-refractivity contribution in [3.05, 3.63) is 36.0 Å². The van der Waals surface area contributed by atoms with Crippen LogP contribution in [0, 0.1) is 11.8 Å². The van der Waals surface area contributed by atoms with Crippen LogP contribution in [0.25, 0.3) is 10.9 Å². The van der Waals surface area contributed by atoms with E-state index in [1.54, 1.807) is 50.6 Å². The largest absolute Gasteiger partial charge is 0.481 e. The summed E-state index contributed by atoms with van der Waals surface area (Å²) in [7, 11) is 0. The van der Waals surface area contributed by atoms with E-state index in [0.717, 1.165) is 0 Å². The number of thioether (sulfide) groups is 2. The number of benzene rings is 1. The van der Waals surface area contributed by atoms with E-state index in [-0.39, 0.29) is 67.9 Å². The first-order valence-electron chi connectivity index (χ1n) is 33.0. The van der Waals surface area contributed by atoms with Crippen LogP contribution in [0.4, 0.5) is 0 Å². The number of aliphatic imine (C=N–C) groups is 1. The predicted octanol–water partition coefficient (Wildman–Crippen LogP) is -4.76. The Balaban J connectivity index is 1.95. The third kappa shape index (κ3) is 28.3. The minimum Gasteiger partial charge on any atom is -0.481 e. The number of fused-ring (bicyclic) bond motifs is 1. The summed E-state index contributed by atoms with van der Waals surface area (Å²) in [6.07, 6.45) is 2.66. The summed E-state index contributed by atoms with van der Waals surface area (Å²) in [6.45, 7) is 7.69. The SMILES string of the molecule is CC[C@H](C)[C@H](N)C(=O)N1CCC[C@H]1C(=O)N[C@@H](C)C(=O)N[C@H](C(=O)N[C@@H](CCSC)C(=O)N[C@@H](CCC(=O)O)C(=O)N[C@@H](CC(N)=O)C(=O)N[C@@H](CCSC)C(=O)N[C@@H](Cc1c[nH]c2ccccc12)C(=O)N[C@@H](CC(N)=O)C(=O)N[C@@H](CCCN=C(N)N)C(=O)N[C@@H](CO)C(=O)O)[C@@H](C)CC. The summed E-state index contributed by atoms with van der Waals surface area (Å²) in [4.78, 5) is 212. The molecule has 562 valence electrons. The van der Waals surface area contributed by atoms with Gasteiger partial charge in [0.2, 0.25) is 76.8 Å². The van der Waals surface area contributed by atoms with Crippen molar-refractivity contribution in [1.82, 2.24) is 63.1 Å². The van der Waals surface area contributed by atoms with Crippen LogP contribution in [-0.2, 0) is 78.3 Å². The highest BCUT2D eigenvalue weighted by Crippen LogP contribution is 2.23. The first-order chi connectivity index (χ1) is 47.7. The Morgan fingerprint density at radius 1 is 0.594 bits per heavy atom. The van der Waals surface area contributed by atoms with E-state index < -0.39 is 194 Å². The van der Waals surface area contributed by atoms with Crippen LogP contribution >= 0.6 is 23.5 Å². The molecule has 1 saturated heterocycles. The number of guanidine groups is 1. The van der Waals surface area contributed by atoms with Crippen LogP contribution in [-0.4, -0.2) is 236 Å². The number of para-hydroxylation sites is 1. The summed E-state index contributed by atoms with van der Waals surface area (Å²) in [6, 6.07) is -11.2. The van der Waals surface area contributed by atoms with Gasteiger partial charge in [-0.15, -0.1) is 0 Å². The van der Waals surface area contributed by atoms with Gasteiger partial charge < -0.3 is 107 Å². The Morgan fingerprint density at radius 2 is 1.06 bits per heavy atom. The molecular weight excluding hydrogens is 1360 g/mol. The van der Waals surface area contributed by atoms with Gasteiger partial charge in [-0.1, -0.05) is 58.7 Å². The number of aliphatic hydroxyl groups excluding tert-OH is 1. The average molecular weight is 1460 g/mol. The minimum absolute atomic E-state index is 0.0103. The molecule has 14 atom stereocenters. The Bertz CT molecular complexity index is 3260. The van der Waals surface area contributed by atoms with Crippen LogP contribution in [0.1, 0.15) is 117 Å². The van der Waals surface area contributed by atoms with Crippen molar-refractivity contribution in [2.75, 3.05) is 43.7 Å². The van der Waals surface area contributed by atoms with Gasteiger partial charge in [0.1, 0.15) is 66.5 Å². The number of hydrogen-bond donors (Lipinski definition) is 19. The number of aliphatic hydroxyl groups is 1. The van der Waals surface area contributed by atoms with Gasteiger partial charge in [0.25, 0.3) is 0 Å². The number of primary amides is 2. The first-order valence-corrected chi connectivity index (χ1v) is 35.8. The van der Waals surface area contributed by atoms with Gasteiger partial charge in [0.15, 0.2) is 5.96 Å². The third-order valence-electron chi connectivity index (χ3n) is 16.9.